The van der Waals surface area contributed by atoms with Crippen molar-refractivity contribution in [1.29, 1.82) is 0 Å². The molecule has 0 aliphatic carbocycles. The van der Waals surface area contributed by atoms with E-state index >= 15 is 0 Å². The molecule has 0 spiro atoms. The van der Waals surface area contributed by atoms with Crippen LogP contribution in [-0.2, 0) is 16.1 Å². The van der Waals surface area contributed by atoms with E-state index in [0.717, 1.165) is 11.1 Å². The minimum absolute atomic E-state index is 0.162. The van der Waals surface area contributed by atoms with Gasteiger partial charge in [0.2, 0.25) is 5.91 Å². The molecular weight excluding hydrogens is 480 g/mol. The van der Waals surface area contributed by atoms with Crippen molar-refractivity contribution in [1.82, 2.24) is 0 Å². The lowest BCUT2D eigenvalue weighted by atomic mass is 10.1. The van der Waals surface area contributed by atoms with Crippen molar-refractivity contribution in [3.63, 3.8) is 0 Å². The molecule has 1 aliphatic rings. The van der Waals surface area contributed by atoms with Crippen LogP contribution in [0.3, 0.4) is 0 Å². The summed E-state index contributed by atoms with van der Waals surface area (Å²) in [6.45, 7) is 4.50. The van der Waals surface area contributed by atoms with Crippen molar-refractivity contribution >= 4 is 40.9 Å². The summed E-state index contributed by atoms with van der Waals surface area (Å²) in [5, 5.41) is 3.48. The predicted octanol–water partition coefficient (Wildman–Crippen LogP) is 5.71. The van der Waals surface area contributed by atoms with Gasteiger partial charge in [-0.15, -0.1) is 0 Å². The maximum Gasteiger partial charge on any atom is 0.268 e. The average Bonchev–Trinajstić information content (AvgIpc) is 2.87. The van der Waals surface area contributed by atoms with Gasteiger partial charge in [0.25, 0.3) is 5.91 Å². The number of nitrogens with one attached hydrogen (secondary N) is 1. The second-order valence-corrected chi connectivity index (χ2v) is 8.60. The van der Waals surface area contributed by atoms with E-state index < -0.39 is 6.10 Å². The lowest BCUT2D eigenvalue weighted by molar-refractivity contribution is -0.125. The van der Waals surface area contributed by atoms with Gasteiger partial charge in [-0.25, -0.2) is 0 Å². The van der Waals surface area contributed by atoms with Crippen LogP contribution >= 0.6 is 11.6 Å². The van der Waals surface area contributed by atoms with Gasteiger partial charge >= 0.3 is 0 Å². The third kappa shape index (κ3) is 5.80. The largest absolute Gasteiger partial charge is 0.493 e. The van der Waals surface area contributed by atoms with Gasteiger partial charge in [0.05, 0.1) is 25.9 Å². The van der Waals surface area contributed by atoms with Crippen LogP contribution in [0.15, 0.2) is 66.7 Å². The van der Waals surface area contributed by atoms with Gasteiger partial charge in [-0.1, -0.05) is 29.8 Å². The summed E-state index contributed by atoms with van der Waals surface area (Å²) in [6.07, 6.45) is 2.51. The van der Waals surface area contributed by atoms with E-state index in [1.165, 1.54) is 6.08 Å². The molecule has 4 rings (SSSR count). The van der Waals surface area contributed by atoms with E-state index in [1.807, 2.05) is 25.1 Å². The molecule has 8 heteroatoms. The number of amides is 2. The van der Waals surface area contributed by atoms with Gasteiger partial charge in [-0.2, -0.15) is 0 Å². The van der Waals surface area contributed by atoms with Crippen LogP contribution in [0.25, 0.3) is 6.08 Å². The fourth-order valence-electron chi connectivity index (χ4n) is 3.84. The van der Waals surface area contributed by atoms with Gasteiger partial charge in [0.15, 0.2) is 17.6 Å². The number of hydrogen-bond acceptors (Lipinski definition) is 5. The summed E-state index contributed by atoms with van der Waals surface area (Å²) in [5.74, 6) is 1.33. The Labute approximate surface area is 215 Å². The maximum atomic E-state index is 12.9. The molecule has 0 aromatic heterocycles. The molecule has 186 valence electrons. The monoisotopic (exact) mass is 506 g/mol. The number of benzene rings is 3. The molecular formula is C28H27ClN2O5. The van der Waals surface area contributed by atoms with Crippen LogP contribution in [0, 0.1) is 0 Å². The minimum atomic E-state index is -0.612. The molecule has 0 bridgehead atoms. The SMILES string of the molecule is CCOc1ccc(/C=C/C(=O)Nc2ccc3c(c2)N(Cc2ccc(Cl)cc2)C(=O)C(C)O3)cc1OC. The molecule has 1 N–H and O–H groups in total. The van der Waals surface area contributed by atoms with Crippen LogP contribution < -0.4 is 24.4 Å². The van der Waals surface area contributed by atoms with Gasteiger partial charge in [0, 0.05) is 16.8 Å². The van der Waals surface area contributed by atoms with Crippen molar-refractivity contribution in [2.24, 2.45) is 0 Å². The first-order valence-electron chi connectivity index (χ1n) is 11.5. The van der Waals surface area contributed by atoms with Gasteiger partial charge in [0.1, 0.15) is 5.75 Å². The highest BCUT2D eigenvalue weighted by Gasteiger charge is 2.31. The smallest absolute Gasteiger partial charge is 0.268 e. The lowest BCUT2D eigenvalue weighted by Gasteiger charge is -2.33. The molecule has 3 aromatic carbocycles. The second-order valence-electron chi connectivity index (χ2n) is 8.16. The third-order valence-electron chi connectivity index (χ3n) is 5.60. The molecule has 3 aromatic rings. The van der Waals surface area contributed by atoms with E-state index in [0.29, 0.717) is 46.8 Å². The zero-order valence-electron chi connectivity index (χ0n) is 20.3. The Bertz CT molecular complexity index is 1290. The highest BCUT2D eigenvalue weighted by molar-refractivity contribution is 6.30. The normalized spacial score (nSPS) is 14.8. The summed E-state index contributed by atoms with van der Waals surface area (Å²) >= 11 is 6.00. The Morgan fingerprint density at radius 2 is 1.89 bits per heavy atom. The standard InChI is InChI=1S/C28H27ClN2O5/c1-4-35-25-12-7-19(15-26(25)34-3)8-14-27(32)30-22-11-13-24-23(16-22)31(28(33)18(2)36-24)17-20-5-9-21(29)10-6-20/h5-16,18H,4,17H2,1-3H3,(H,30,32)/b14-8+. The number of hydrogen-bond donors (Lipinski definition) is 1. The minimum Gasteiger partial charge on any atom is -0.493 e. The summed E-state index contributed by atoms with van der Waals surface area (Å²) < 4.78 is 16.7. The molecule has 0 saturated heterocycles. The van der Waals surface area contributed by atoms with E-state index in [4.69, 9.17) is 25.8 Å². The number of carbonyl (C=O) groups is 2. The Hall–Kier alpha value is -3.97. The molecule has 1 aliphatic heterocycles. The Kier molecular flexibility index (Phi) is 7.80. The van der Waals surface area contributed by atoms with Crippen LogP contribution in [0.4, 0.5) is 11.4 Å². The van der Waals surface area contributed by atoms with Crippen LogP contribution in [0.1, 0.15) is 25.0 Å². The highest BCUT2D eigenvalue weighted by Crippen LogP contribution is 2.37. The number of rotatable bonds is 8. The predicted molar refractivity (Wildman–Crippen MR) is 141 cm³/mol. The number of halogens is 1. The molecule has 0 fully saturated rings. The molecule has 1 unspecified atom stereocenters. The van der Waals surface area contributed by atoms with E-state index in [1.54, 1.807) is 67.5 Å². The van der Waals surface area contributed by atoms with Crippen molar-refractivity contribution < 1.29 is 23.8 Å². The first-order valence-corrected chi connectivity index (χ1v) is 11.9. The van der Waals surface area contributed by atoms with E-state index in [9.17, 15) is 9.59 Å². The second kappa shape index (κ2) is 11.2. The van der Waals surface area contributed by atoms with Gasteiger partial charge in [-0.3, -0.25) is 9.59 Å². The number of methoxy groups -OCH3 is 1. The molecule has 0 radical (unpaired) electrons. The Morgan fingerprint density at radius 3 is 2.61 bits per heavy atom. The summed E-state index contributed by atoms with van der Waals surface area (Å²) in [6, 6.07) is 18.0. The topological polar surface area (TPSA) is 77.1 Å². The molecule has 7 nitrogen and oxygen atoms in total. The third-order valence-corrected chi connectivity index (χ3v) is 5.86. The van der Waals surface area contributed by atoms with Crippen LogP contribution in [-0.4, -0.2) is 31.6 Å². The number of anilines is 2. The molecule has 0 saturated carbocycles. The zero-order valence-corrected chi connectivity index (χ0v) is 21.0. The van der Waals surface area contributed by atoms with Gasteiger partial charge in [-0.05, 0) is 73.5 Å². The van der Waals surface area contributed by atoms with Crippen LogP contribution in [0.2, 0.25) is 5.02 Å². The molecule has 36 heavy (non-hydrogen) atoms. The maximum absolute atomic E-state index is 12.9. The highest BCUT2D eigenvalue weighted by atomic mass is 35.5. The zero-order chi connectivity index (χ0) is 25.7. The van der Waals surface area contributed by atoms with Gasteiger partial charge < -0.3 is 24.4 Å². The quantitative estimate of drug-likeness (QED) is 0.396. The van der Waals surface area contributed by atoms with Crippen LogP contribution in [0.5, 0.6) is 17.2 Å². The van der Waals surface area contributed by atoms with Crippen molar-refractivity contribution in [3.8, 4) is 17.2 Å². The summed E-state index contributed by atoms with van der Waals surface area (Å²) in [7, 11) is 1.57. The van der Waals surface area contributed by atoms with Crippen molar-refractivity contribution in [2.75, 3.05) is 23.9 Å². The summed E-state index contributed by atoms with van der Waals surface area (Å²) in [4.78, 5) is 27.2. The molecule has 1 heterocycles. The number of fused-ring (bicyclic) bond motifs is 1. The van der Waals surface area contributed by atoms with Crippen molar-refractivity contribution in [3.05, 3.63) is 82.9 Å². The Morgan fingerprint density at radius 1 is 1.11 bits per heavy atom. The molecule has 1 atom stereocenters. The number of ether oxygens (including phenoxy) is 3. The van der Waals surface area contributed by atoms with E-state index in [2.05, 4.69) is 5.32 Å². The fraction of sp³-hybridized carbons (Fsp3) is 0.214. The number of carbonyl (C=O) groups excluding carboxylic acids is 2. The van der Waals surface area contributed by atoms with Crippen molar-refractivity contribution in [2.45, 2.75) is 26.5 Å². The van der Waals surface area contributed by atoms with E-state index in [-0.39, 0.29) is 11.8 Å². The first-order chi connectivity index (χ1) is 17.4. The summed E-state index contributed by atoms with van der Waals surface area (Å²) in [5.41, 5.74) is 2.85. The first kappa shape index (κ1) is 25.1. The Balaban J connectivity index is 1.51. The molecule has 2 amide bonds. The number of nitrogens with zero attached hydrogens (tertiary/aromatic N) is 1. The average molecular weight is 507 g/mol. The lowest BCUT2D eigenvalue weighted by Crippen LogP contribution is -2.44. The fourth-order valence-corrected chi connectivity index (χ4v) is 3.96.